The predicted octanol–water partition coefficient (Wildman–Crippen LogP) is 5.93. The molecule has 3 fully saturated rings. The van der Waals surface area contributed by atoms with Gasteiger partial charge in [-0.25, -0.2) is 9.48 Å². The summed E-state index contributed by atoms with van der Waals surface area (Å²) in [5.74, 6) is 0.610. The van der Waals surface area contributed by atoms with Gasteiger partial charge in [-0.3, -0.25) is 14.0 Å². The van der Waals surface area contributed by atoms with Crippen LogP contribution < -0.4 is 15.8 Å². The Morgan fingerprint density at radius 2 is 1.89 bits per heavy atom. The highest BCUT2D eigenvalue weighted by atomic mass is 35.5. The molecular weight excluding hydrogens is 608 g/mol. The first-order chi connectivity index (χ1) is 21.9. The number of benzene rings is 1. The topological polar surface area (TPSA) is 121 Å². The highest BCUT2D eigenvalue weighted by molar-refractivity contribution is 6.38. The van der Waals surface area contributed by atoms with Crippen molar-refractivity contribution < 1.29 is 14.3 Å². The summed E-state index contributed by atoms with van der Waals surface area (Å²) in [6.45, 7) is 11.1. The summed E-state index contributed by atoms with van der Waals surface area (Å²) in [5, 5.41) is 14.5. The van der Waals surface area contributed by atoms with Crippen molar-refractivity contribution in [2.24, 2.45) is 7.05 Å². The van der Waals surface area contributed by atoms with E-state index in [0.717, 1.165) is 49.6 Å². The average Bonchev–Trinajstić information content (AvgIpc) is 3.67. The van der Waals surface area contributed by atoms with E-state index in [0.29, 0.717) is 52.7 Å². The summed E-state index contributed by atoms with van der Waals surface area (Å²) < 4.78 is 17.1. The lowest BCUT2D eigenvalue weighted by Crippen LogP contribution is -2.59. The second-order valence-corrected chi connectivity index (χ2v) is 14.7. The zero-order chi connectivity index (χ0) is 32.5. The number of aryl methyl sites for hydroxylation is 1. The summed E-state index contributed by atoms with van der Waals surface area (Å²) in [6, 6.07) is 4.01. The largest absolute Gasteiger partial charge is 0.444 e. The van der Waals surface area contributed by atoms with Crippen LogP contribution in [0.5, 0.6) is 0 Å². The molecule has 7 rings (SSSR count). The first-order valence-corrected chi connectivity index (χ1v) is 16.8. The molecule has 0 spiro atoms. The van der Waals surface area contributed by atoms with Gasteiger partial charge >= 0.3 is 6.09 Å². The number of amides is 1. The molecule has 1 N–H and O–H groups in total. The van der Waals surface area contributed by atoms with E-state index in [1.165, 1.54) is 0 Å². The number of rotatable bonds is 5. The molecule has 6 heterocycles. The Hall–Kier alpha value is -3.64. The van der Waals surface area contributed by atoms with Crippen molar-refractivity contribution >= 4 is 45.6 Å². The third-order valence-corrected chi connectivity index (χ3v) is 10.0. The van der Waals surface area contributed by atoms with Gasteiger partial charge < -0.3 is 19.7 Å². The third-order valence-electron chi connectivity index (χ3n) is 9.61. The van der Waals surface area contributed by atoms with Crippen LogP contribution in [0.15, 0.2) is 23.1 Å². The number of fused-ring (bicyclic) bond motifs is 4. The maximum atomic E-state index is 14.4. The molecule has 4 aromatic rings. The molecule has 3 aliphatic heterocycles. The van der Waals surface area contributed by atoms with Gasteiger partial charge in [0.1, 0.15) is 16.7 Å². The molecule has 3 aromatic heterocycles. The number of anilines is 1. The fraction of sp³-hybridized carbons (Fsp3) is 0.606. The normalized spacial score (nSPS) is 25.0. The maximum Gasteiger partial charge on any atom is 0.408 e. The Kier molecular flexibility index (Phi) is 7.58. The van der Waals surface area contributed by atoms with E-state index in [1.54, 1.807) is 16.3 Å². The second kappa shape index (κ2) is 11.3. The van der Waals surface area contributed by atoms with Gasteiger partial charge in [-0.2, -0.15) is 15.2 Å². The number of hydrogen-bond donors (Lipinski definition) is 1. The smallest absolute Gasteiger partial charge is 0.408 e. The van der Waals surface area contributed by atoms with Gasteiger partial charge in [-0.05, 0) is 91.7 Å². The number of carbonyl (C=O) groups is 1. The highest BCUT2D eigenvalue weighted by Gasteiger charge is 2.48. The third kappa shape index (κ3) is 5.33. The summed E-state index contributed by atoms with van der Waals surface area (Å²) in [7, 11) is 1.78. The number of aromatic nitrogens is 6. The molecule has 3 atom stereocenters. The SMILES string of the molecule is CCn1cc2c(Cl)c(-c3nn(C4CCCCO4)c4nc(N5C6CCC5CC(C)(NC(=O)OC(C)(C)C)C6)n(C)c(=O)c34)ccc2n1. The fourth-order valence-corrected chi connectivity index (χ4v) is 7.91. The second-order valence-electron chi connectivity index (χ2n) is 14.3. The minimum Gasteiger partial charge on any atom is -0.444 e. The molecule has 3 unspecified atom stereocenters. The monoisotopic (exact) mass is 650 g/mol. The Balaban J connectivity index is 1.31. The highest BCUT2D eigenvalue weighted by Crippen LogP contribution is 2.44. The molecule has 1 amide bonds. The maximum absolute atomic E-state index is 14.4. The van der Waals surface area contributed by atoms with Crippen LogP contribution in [-0.2, 0) is 23.1 Å². The van der Waals surface area contributed by atoms with E-state index in [2.05, 4.69) is 22.2 Å². The molecule has 0 radical (unpaired) electrons. The van der Waals surface area contributed by atoms with Crippen molar-refractivity contribution in [1.82, 2.24) is 34.4 Å². The number of carbonyl (C=O) groups excluding carboxylic acids is 1. The fourth-order valence-electron chi connectivity index (χ4n) is 7.61. The van der Waals surface area contributed by atoms with Crippen molar-refractivity contribution in [3.8, 4) is 11.3 Å². The van der Waals surface area contributed by atoms with Gasteiger partial charge in [0.2, 0.25) is 5.95 Å². The molecule has 3 aliphatic rings. The van der Waals surface area contributed by atoms with Crippen LogP contribution in [0.25, 0.3) is 33.2 Å². The molecule has 12 nitrogen and oxygen atoms in total. The number of piperidine rings is 1. The number of alkyl carbamates (subject to hydrolysis) is 1. The van der Waals surface area contributed by atoms with Crippen LogP contribution in [0.4, 0.5) is 10.7 Å². The minimum atomic E-state index is -0.574. The first-order valence-electron chi connectivity index (χ1n) is 16.4. The van der Waals surface area contributed by atoms with Crippen LogP contribution in [0, 0.1) is 0 Å². The van der Waals surface area contributed by atoms with E-state index in [4.69, 9.17) is 31.2 Å². The summed E-state index contributed by atoms with van der Waals surface area (Å²) >= 11 is 7.02. The van der Waals surface area contributed by atoms with Crippen LogP contribution >= 0.6 is 11.6 Å². The number of ether oxygens (including phenoxy) is 2. The van der Waals surface area contributed by atoms with Crippen LogP contribution in [0.3, 0.4) is 0 Å². The molecule has 246 valence electrons. The molecule has 0 saturated carbocycles. The predicted molar refractivity (Wildman–Crippen MR) is 177 cm³/mol. The van der Waals surface area contributed by atoms with Crippen LogP contribution in [0.2, 0.25) is 5.02 Å². The minimum absolute atomic E-state index is 0.1000. The van der Waals surface area contributed by atoms with Gasteiger partial charge in [0.05, 0.1) is 10.5 Å². The summed E-state index contributed by atoms with van der Waals surface area (Å²) in [6.07, 6.45) is 7.28. The summed E-state index contributed by atoms with van der Waals surface area (Å²) in [4.78, 5) is 34.7. The van der Waals surface area contributed by atoms with E-state index in [-0.39, 0.29) is 23.9 Å². The number of nitrogens with zero attached hydrogens (tertiary/aromatic N) is 7. The van der Waals surface area contributed by atoms with Gasteiger partial charge in [-0.15, -0.1) is 0 Å². The van der Waals surface area contributed by atoms with Crippen LogP contribution in [-0.4, -0.2) is 65.0 Å². The Bertz CT molecular complexity index is 1870. The van der Waals surface area contributed by atoms with E-state index in [9.17, 15) is 9.59 Å². The number of halogens is 1. The Labute approximate surface area is 273 Å². The Morgan fingerprint density at radius 3 is 2.54 bits per heavy atom. The molecule has 3 saturated heterocycles. The van der Waals surface area contributed by atoms with Crippen molar-refractivity contribution in [1.29, 1.82) is 0 Å². The van der Waals surface area contributed by atoms with Crippen molar-refractivity contribution in [2.45, 2.75) is 116 Å². The molecule has 2 bridgehead atoms. The number of nitrogens with one attached hydrogen (secondary N) is 1. The van der Waals surface area contributed by atoms with Crippen molar-refractivity contribution in [3.05, 3.63) is 33.7 Å². The molecule has 0 aliphatic carbocycles. The van der Waals surface area contributed by atoms with Gasteiger partial charge in [-0.1, -0.05) is 11.6 Å². The van der Waals surface area contributed by atoms with Gasteiger partial charge in [0.15, 0.2) is 11.9 Å². The average molecular weight is 651 g/mol. The zero-order valence-corrected chi connectivity index (χ0v) is 28.2. The molecular formula is C33H43ClN8O4. The molecule has 46 heavy (non-hydrogen) atoms. The standard InChI is InChI=1S/C33H43ClN8O4/c1-7-40-18-22-23(37-40)14-13-21(26(22)34)27-25-28(42(38-27)24-10-8-9-15-45-24)35-30(39(6)29(25)43)41-19-11-12-20(41)17-33(5,16-19)36-31(44)46-32(2,3)4/h13-14,18-20,24H,7-12,15-17H2,1-6H3,(H,36,44). The lowest BCUT2D eigenvalue weighted by atomic mass is 9.84. The number of hydrogen-bond acceptors (Lipinski definition) is 8. The zero-order valence-electron chi connectivity index (χ0n) is 27.5. The lowest BCUT2D eigenvalue weighted by Gasteiger charge is -2.45. The molecule has 1 aromatic carbocycles. The Morgan fingerprint density at radius 1 is 1.15 bits per heavy atom. The summed E-state index contributed by atoms with van der Waals surface area (Å²) in [5.41, 5.74) is 1.26. The van der Waals surface area contributed by atoms with E-state index < -0.39 is 17.2 Å². The van der Waals surface area contributed by atoms with E-state index in [1.807, 2.05) is 50.7 Å². The lowest BCUT2D eigenvalue weighted by molar-refractivity contribution is -0.0368. The van der Waals surface area contributed by atoms with Gasteiger partial charge in [0.25, 0.3) is 5.56 Å². The van der Waals surface area contributed by atoms with Crippen LogP contribution in [0.1, 0.15) is 85.8 Å². The molecule has 13 heteroatoms. The van der Waals surface area contributed by atoms with Gasteiger partial charge in [0, 0.05) is 55.0 Å². The van der Waals surface area contributed by atoms with Crippen molar-refractivity contribution in [2.75, 3.05) is 11.5 Å². The van der Waals surface area contributed by atoms with Crippen molar-refractivity contribution in [3.63, 3.8) is 0 Å². The quantitative estimate of drug-likeness (QED) is 0.282. The first kappa shape index (κ1) is 31.0. The van der Waals surface area contributed by atoms with E-state index >= 15 is 0 Å².